The van der Waals surface area contributed by atoms with Crippen molar-refractivity contribution in [1.82, 2.24) is 10.4 Å². The first-order valence-electron chi connectivity index (χ1n) is 3.61. The Morgan fingerprint density at radius 2 is 2.14 bits per heavy atom. The van der Waals surface area contributed by atoms with Crippen LogP contribution in [0.25, 0.3) is 0 Å². The van der Waals surface area contributed by atoms with E-state index < -0.39 is 11.8 Å². The van der Waals surface area contributed by atoms with Crippen LogP contribution in [0.2, 0.25) is 0 Å². The number of nitrogens with zero attached hydrogens (tertiary/aromatic N) is 1. The number of anilines is 1. The third-order valence-corrected chi connectivity index (χ3v) is 1.88. The number of hydrogen-bond acceptors (Lipinski definition) is 5. The lowest BCUT2D eigenvalue weighted by Crippen LogP contribution is -2.28. The van der Waals surface area contributed by atoms with Crippen molar-refractivity contribution in [1.29, 1.82) is 0 Å². The quantitative estimate of drug-likeness (QED) is 0.275. The molecule has 0 bridgehead atoms. The maximum absolute atomic E-state index is 11.1. The van der Waals surface area contributed by atoms with Gasteiger partial charge in [-0.3, -0.25) is 20.3 Å². The molecule has 0 aromatic carbocycles. The van der Waals surface area contributed by atoms with Crippen LogP contribution in [-0.4, -0.2) is 16.8 Å². The van der Waals surface area contributed by atoms with Crippen LogP contribution in [0.1, 0.15) is 0 Å². The third-order valence-electron chi connectivity index (χ3n) is 1.19. The van der Waals surface area contributed by atoms with Crippen LogP contribution in [0.4, 0.5) is 5.13 Å². The second-order valence-electron chi connectivity index (χ2n) is 2.17. The fraction of sp³-hybridized carbons (Fsp3) is 0. The SMILES string of the molecule is NNC(=O)/C=C/C(=O)Nc1nccs1. The Hall–Kier alpha value is -1.73. The van der Waals surface area contributed by atoms with Gasteiger partial charge < -0.3 is 0 Å². The molecule has 6 nitrogen and oxygen atoms in total. The number of carbonyl (C=O) groups excluding carboxylic acids is 2. The zero-order valence-corrected chi connectivity index (χ0v) is 7.88. The van der Waals surface area contributed by atoms with Crippen molar-refractivity contribution in [2.75, 3.05) is 5.32 Å². The van der Waals surface area contributed by atoms with E-state index >= 15 is 0 Å². The average Bonchev–Trinajstić information content (AvgIpc) is 2.66. The lowest BCUT2D eigenvalue weighted by atomic mass is 10.4. The number of nitrogens with one attached hydrogen (secondary N) is 2. The molecule has 74 valence electrons. The van der Waals surface area contributed by atoms with Crippen LogP contribution >= 0.6 is 11.3 Å². The fourth-order valence-electron chi connectivity index (χ4n) is 0.632. The molecule has 0 spiro atoms. The number of carbonyl (C=O) groups is 2. The summed E-state index contributed by atoms with van der Waals surface area (Å²) in [6.45, 7) is 0. The zero-order valence-electron chi connectivity index (χ0n) is 7.06. The summed E-state index contributed by atoms with van der Waals surface area (Å²) in [4.78, 5) is 25.5. The molecule has 1 rings (SSSR count). The molecule has 2 amide bonds. The van der Waals surface area contributed by atoms with Gasteiger partial charge in [-0.2, -0.15) is 0 Å². The van der Waals surface area contributed by atoms with Gasteiger partial charge in [0, 0.05) is 23.7 Å². The molecule has 0 unspecified atom stereocenters. The van der Waals surface area contributed by atoms with E-state index in [1.807, 2.05) is 5.43 Å². The molecule has 14 heavy (non-hydrogen) atoms. The van der Waals surface area contributed by atoms with Crippen molar-refractivity contribution in [3.05, 3.63) is 23.7 Å². The largest absolute Gasteiger partial charge is 0.298 e. The number of rotatable bonds is 3. The van der Waals surface area contributed by atoms with Crippen molar-refractivity contribution >= 4 is 28.3 Å². The normalized spacial score (nSPS) is 10.1. The van der Waals surface area contributed by atoms with E-state index in [0.29, 0.717) is 5.13 Å². The molecular formula is C7H8N4O2S. The monoisotopic (exact) mass is 212 g/mol. The topological polar surface area (TPSA) is 97.1 Å². The number of hydrogen-bond donors (Lipinski definition) is 3. The molecule has 0 atom stereocenters. The lowest BCUT2D eigenvalue weighted by molar-refractivity contribution is -0.117. The number of nitrogens with two attached hydrogens (primary N) is 1. The summed E-state index contributed by atoms with van der Waals surface area (Å²) in [7, 11) is 0. The first-order valence-corrected chi connectivity index (χ1v) is 4.49. The van der Waals surface area contributed by atoms with Gasteiger partial charge in [0.15, 0.2) is 5.13 Å². The highest BCUT2D eigenvalue weighted by atomic mass is 32.1. The molecule has 1 heterocycles. The molecule has 0 saturated carbocycles. The lowest BCUT2D eigenvalue weighted by Gasteiger charge is -1.94. The molecule has 7 heteroatoms. The van der Waals surface area contributed by atoms with Crippen molar-refractivity contribution < 1.29 is 9.59 Å². The minimum Gasteiger partial charge on any atom is -0.298 e. The fourth-order valence-corrected chi connectivity index (χ4v) is 1.16. The van der Waals surface area contributed by atoms with E-state index in [2.05, 4.69) is 10.3 Å². The van der Waals surface area contributed by atoms with Crippen molar-refractivity contribution in [2.24, 2.45) is 5.84 Å². The molecule has 0 aliphatic carbocycles. The Morgan fingerprint density at radius 1 is 1.43 bits per heavy atom. The summed E-state index contributed by atoms with van der Waals surface area (Å²) in [5.41, 5.74) is 1.86. The Morgan fingerprint density at radius 3 is 2.71 bits per heavy atom. The van der Waals surface area contributed by atoms with Gasteiger partial charge in [0.1, 0.15) is 0 Å². The summed E-state index contributed by atoms with van der Waals surface area (Å²) in [6, 6.07) is 0. The molecule has 1 aromatic rings. The molecule has 1 aromatic heterocycles. The van der Waals surface area contributed by atoms with Crippen LogP contribution in [0.3, 0.4) is 0 Å². The minimum absolute atomic E-state index is 0.427. The van der Waals surface area contributed by atoms with Crippen LogP contribution in [0, 0.1) is 0 Å². The van der Waals surface area contributed by atoms with Crippen molar-refractivity contribution in [3.8, 4) is 0 Å². The third kappa shape index (κ3) is 3.33. The Balaban J connectivity index is 2.44. The van der Waals surface area contributed by atoms with Gasteiger partial charge >= 0.3 is 0 Å². The molecule has 0 fully saturated rings. The second-order valence-corrected chi connectivity index (χ2v) is 3.06. The predicted molar refractivity (Wildman–Crippen MR) is 52.2 cm³/mol. The molecule has 4 N–H and O–H groups in total. The van der Waals surface area contributed by atoms with Crippen LogP contribution in [-0.2, 0) is 9.59 Å². The van der Waals surface area contributed by atoms with Crippen LogP contribution in [0.5, 0.6) is 0 Å². The Kier molecular flexibility index (Phi) is 3.77. The van der Waals surface area contributed by atoms with E-state index in [-0.39, 0.29) is 0 Å². The van der Waals surface area contributed by atoms with E-state index in [1.165, 1.54) is 11.3 Å². The van der Waals surface area contributed by atoms with Crippen LogP contribution < -0.4 is 16.6 Å². The zero-order chi connectivity index (χ0) is 10.4. The van der Waals surface area contributed by atoms with Crippen LogP contribution in [0.15, 0.2) is 23.7 Å². The summed E-state index contributed by atoms with van der Waals surface area (Å²) < 4.78 is 0. The summed E-state index contributed by atoms with van der Waals surface area (Å²) in [5.74, 6) is 3.83. The van der Waals surface area contributed by atoms with Gasteiger partial charge in [0.2, 0.25) is 5.91 Å². The summed E-state index contributed by atoms with van der Waals surface area (Å²) in [6.07, 6.45) is 3.67. The Bertz CT molecular complexity index is 347. The predicted octanol–water partition coefficient (Wildman–Crippen LogP) is -0.372. The number of amides is 2. The van der Waals surface area contributed by atoms with E-state index in [0.717, 1.165) is 12.2 Å². The summed E-state index contributed by atoms with van der Waals surface area (Å²) in [5, 5.41) is 4.67. The highest BCUT2D eigenvalue weighted by molar-refractivity contribution is 7.13. The smallest absolute Gasteiger partial charge is 0.258 e. The Labute approximate surface area is 83.8 Å². The van der Waals surface area contributed by atoms with Gasteiger partial charge in [-0.1, -0.05) is 0 Å². The van der Waals surface area contributed by atoms with Crippen molar-refractivity contribution in [3.63, 3.8) is 0 Å². The minimum atomic E-state index is -0.542. The second kappa shape index (κ2) is 5.10. The maximum atomic E-state index is 11.1. The van der Waals surface area contributed by atoms with Gasteiger partial charge in [-0.05, 0) is 0 Å². The highest BCUT2D eigenvalue weighted by Crippen LogP contribution is 2.09. The average molecular weight is 212 g/mol. The molecule has 0 aliphatic rings. The van der Waals surface area contributed by atoms with E-state index in [4.69, 9.17) is 5.84 Å². The standard InChI is InChI=1S/C7H8N4O2S/c8-11-6(13)2-1-5(12)10-7-9-3-4-14-7/h1-4H,8H2,(H,11,13)(H,9,10,12)/b2-1+. The number of aromatic nitrogens is 1. The van der Waals surface area contributed by atoms with E-state index in [9.17, 15) is 9.59 Å². The first-order chi connectivity index (χ1) is 6.72. The molecule has 0 radical (unpaired) electrons. The molecule has 0 saturated heterocycles. The first kappa shape index (κ1) is 10.4. The van der Waals surface area contributed by atoms with Crippen molar-refractivity contribution in [2.45, 2.75) is 0 Å². The summed E-state index contributed by atoms with van der Waals surface area (Å²) >= 11 is 1.29. The van der Waals surface area contributed by atoms with Gasteiger partial charge in [0.25, 0.3) is 5.91 Å². The molecule has 0 aliphatic heterocycles. The maximum Gasteiger partial charge on any atom is 0.258 e. The number of thiazole rings is 1. The van der Waals surface area contributed by atoms with E-state index in [1.54, 1.807) is 11.6 Å². The number of hydrazine groups is 1. The van der Waals surface area contributed by atoms with Gasteiger partial charge in [0.05, 0.1) is 0 Å². The van der Waals surface area contributed by atoms with Gasteiger partial charge in [-0.25, -0.2) is 10.8 Å². The highest BCUT2D eigenvalue weighted by Gasteiger charge is 1.99. The molecular weight excluding hydrogens is 204 g/mol. The van der Waals surface area contributed by atoms with Gasteiger partial charge in [-0.15, -0.1) is 11.3 Å².